The van der Waals surface area contributed by atoms with Crippen molar-refractivity contribution in [1.29, 1.82) is 0 Å². The Morgan fingerprint density at radius 1 is 1.40 bits per heavy atom. The van der Waals surface area contributed by atoms with E-state index in [2.05, 4.69) is 6.92 Å². The molecule has 0 aromatic rings. The van der Waals surface area contributed by atoms with Crippen LogP contribution in [0, 0.1) is 0 Å². The molecule has 0 unspecified atom stereocenters. The molecule has 2 heteroatoms. The van der Waals surface area contributed by atoms with Crippen LogP contribution in [0.15, 0.2) is 12.2 Å². The van der Waals surface area contributed by atoms with E-state index >= 15 is 0 Å². The molecular weight excluding hydrogens is 128 g/mol. The second kappa shape index (κ2) is 6.33. The average molecular weight is 141 g/mol. The molecule has 0 N–H and O–H groups in total. The van der Waals surface area contributed by atoms with Gasteiger partial charge in [-0.2, -0.15) is 0 Å². The first kappa shape index (κ1) is 9.21. The first-order valence-corrected chi connectivity index (χ1v) is 3.62. The molecule has 0 atom stereocenters. The highest BCUT2D eigenvalue weighted by molar-refractivity contribution is 5.64. The zero-order valence-corrected chi connectivity index (χ0v) is 6.30. The number of carboxylic acids is 1. The van der Waals surface area contributed by atoms with Crippen LogP contribution in [0.25, 0.3) is 0 Å². The smallest absolute Gasteiger partial charge is 0.0417 e. The second-order valence-electron chi connectivity index (χ2n) is 2.17. The molecule has 0 aliphatic carbocycles. The van der Waals surface area contributed by atoms with Crippen LogP contribution in [0.3, 0.4) is 0 Å². The second-order valence-corrected chi connectivity index (χ2v) is 2.17. The number of hydrogen-bond donors (Lipinski definition) is 0. The highest BCUT2D eigenvalue weighted by Crippen LogP contribution is 1.93. The summed E-state index contributed by atoms with van der Waals surface area (Å²) in [7, 11) is 0. The number of carbonyl (C=O) groups is 1. The molecule has 0 fully saturated rings. The molecule has 0 saturated carbocycles. The Bertz CT molecular complexity index is 116. The van der Waals surface area contributed by atoms with E-state index in [1.165, 1.54) is 0 Å². The number of aliphatic carboxylic acids is 1. The van der Waals surface area contributed by atoms with Crippen molar-refractivity contribution in [1.82, 2.24) is 0 Å². The highest BCUT2D eigenvalue weighted by Gasteiger charge is 1.80. The van der Waals surface area contributed by atoms with Crippen LogP contribution in [0.4, 0.5) is 0 Å². The minimum absolute atomic E-state index is 0.139. The highest BCUT2D eigenvalue weighted by atomic mass is 16.4. The van der Waals surface area contributed by atoms with Gasteiger partial charge < -0.3 is 9.90 Å². The van der Waals surface area contributed by atoms with Crippen LogP contribution >= 0.6 is 0 Å². The number of carbonyl (C=O) groups excluding carboxylic acids is 1. The lowest BCUT2D eigenvalue weighted by Gasteiger charge is -1.95. The molecule has 0 bridgehead atoms. The van der Waals surface area contributed by atoms with Gasteiger partial charge in [0.05, 0.1) is 0 Å². The molecule has 0 spiro atoms. The minimum atomic E-state index is -0.971. The van der Waals surface area contributed by atoms with Gasteiger partial charge in [0.1, 0.15) is 0 Å². The van der Waals surface area contributed by atoms with Crippen LogP contribution in [0.5, 0.6) is 0 Å². The number of carboxylic acid groups (broad SMARTS) is 1. The summed E-state index contributed by atoms with van der Waals surface area (Å²) in [6, 6.07) is 0. The lowest BCUT2D eigenvalue weighted by atomic mass is 10.2. The third-order valence-electron chi connectivity index (χ3n) is 1.14. The first-order valence-electron chi connectivity index (χ1n) is 3.62. The third kappa shape index (κ3) is 7.21. The molecule has 0 aromatic heterocycles. The monoisotopic (exact) mass is 141 g/mol. The van der Waals surface area contributed by atoms with E-state index in [1.54, 1.807) is 0 Å². The Morgan fingerprint density at radius 2 is 2.00 bits per heavy atom. The van der Waals surface area contributed by atoms with E-state index in [0.29, 0.717) is 6.42 Å². The summed E-state index contributed by atoms with van der Waals surface area (Å²) < 4.78 is 0. The molecule has 0 rings (SSSR count). The number of unbranched alkanes of at least 4 members (excludes halogenated alkanes) is 1. The van der Waals surface area contributed by atoms with E-state index in [0.717, 1.165) is 12.8 Å². The lowest BCUT2D eigenvalue weighted by Crippen LogP contribution is -2.21. The van der Waals surface area contributed by atoms with Crippen LogP contribution in [-0.2, 0) is 4.79 Å². The summed E-state index contributed by atoms with van der Waals surface area (Å²) >= 11 is 0. The summed E-state index contributed by atoms with van der Waals surface area (Å²) in [4.78, 5) is 9.89. The van der Waals surface area contributed by atoms with Crippen LogP contribution in [0.2, 0.25) is 0 Å². The quantitative estimate of drug-likeness (QED) is 0.533. The first-order chi connectivity index (χ1) is 4.77. The number of allylic oxidation sites excluding steroid dienone is 2. The lowest BCUT2D eigenvalue weighted by molar-refractivity contribution is -0.305. The largest absolute Gasteiger partial charge is 0.550 e. The predicted octanol–water partition coefficient (Wildman–Crippen LogP) is 0.873. The van der Waals surface area contributed by atoms with Gasteiger partial charge in [0.2, 0.25) is 0 Å². The average Bonchev–Trinajstić information content (AvgIpc) is 1.87. The maximum absolute atomic E-state index is 9.89. The maximum Gasteiger partial charge on any atom is 0.0417 e. The summed E-state index contributed by atoms with van der Waals surface area (Å²) in [5.41, 5.74) is 0. The van der Waals surface area contributed by atoms with Crippen molar-refractivity contribution in [3.05, 3.63) is 12.2 Å². The zero-order chi connectivity index (χ0) is 7.82. The van der Waals surface area contributed by atoms with Gasteiger partial charge in [-0.05, 0) is 19.3 Å². The molecule has 0 aliphatic heterocycles. The van der Waals surface area contributed by atoms with Crippen molar-refractivity contribution in [2.24, 2.45) is 0 Å². The fraction of sp³-hybridized carbons (Fsp3) is 0.625. The van der Waals surface area contributed by atoms with Crippen LogP contribution in [-0.4, -0.2) is 5.97 Å². The zero-order valence-electron chi connectivity index (χ0n) is 6.30. The normalized spacial score (nSPS) is 10.5. The topological polar surface area (TPSA) is 40.1 Å². The van der Waals surface area contributed by atoms with E-state index in [1.807, 2.05) is 12.2 Å². The molecule has 58 valence electrons. The van der Waals surface area contributed by atoms with E-state index in [4.69, 9.17) is 0 Å². The van der Waals surface area contributed by atoms with Crippen molar-refractivity contribution >= 4 is 5.97 Å². The molecular formula is C8H13O2-. The molecule has 2 nitrogen and oxygen atoms in total. The molecule has 10 heavy (non-hydrogen) atoms. The number of rotatable bonds is 5. The molecule has 0 heterocycles. The molecule has 0 radical (unpaired) electrons. The molecule has 0 amide bonds. The summed E-state index contributed by atoms with van der Waals surface area (Å²) in [6.07, 6.45) is 6.78. The van der Waals surface area contributed by atoms with Gasteiger partial charge in [0, 0.05) is 5.97 Å². The fourth-order valence-electron chi connectivity index (χ4n) is 0.604. The Balaban J connectivity index is 3.10. The Kier molecular flexibility index (Phi) is 5.83. The minimum Gasteiger partial charge on any atom is -0.550 e. The van der Waals surface area contributed by atoms with Gasteiger partial charge in [0.25, 0.3) is 0 Å². The predicted molar refractivity (Wildman–Crippen MR) is 38.3 cm³/mol. The Morgan fingerprint density at radius 3 is 2.50 bits per heavy atom. The van der Waals surface area contributed by atoms with E-state index < -0.39 is 5.97 Å². The van der Waals surface area contributed by atoms with Crippen molar-refractivity contribution in [2.45, 2.75) is 32.6 Å². The maximum atomic E-state index is 9.89. The Hall–Kier alpha value is -0.790. The van der Waals surface area contributed by atoms with E-state index in [9.17, 15) is 9.90 Å². The Labute approximate surface area is 61.6 Å². The summed E-state index contributed by atoms with van der Waals surface area (Å²) in [5, 5.41) is 9.89. The standard InChI is InChI=1S/C8H14O2/c1-2-3-4-5-6-7-8(9)10/h4-5H,2-3,6-7H2,1H3,(H,9,10)/p-1/b5-4+. The molecule has 0 saturated heterocycles. The summed E-state index contributed by atoms with van der Waals surface area (Å²) in [6.45, 7) is 2.09. The molecule has 0 aliphatic rings. The van der Waals surface area contributed by atoms with Crippen molar-refractivity contribution < 1.29 is 9.90 Å². The van der Waals surface area contributed by atoms with E-state index in [-0.39, 0.29) is 6.42 Å². The van der Waals surface area contributed by atoms with Crippen LogP contribution < -0.4 is 5.11 Å². The third-order valence-corrected chi connectivity index (χ3v) is 1.14. The van der Waals surface area contributed by atoms with Crippen molar-refractivity contribution in [2.75, 3.05) is 0 Å². The van der Waals surface area contributed by atoms with Gasteiger partial charge in [-0.1, -0.05) is 25.5 Å². The SMILES string of the molecule is CCC/C=C/CCC(=O)[O-]. The van der Waals surface area contributed by atoms with Gasteiger partial charge >= 0.3 is 0 Å². The molecule has 0 aromatic carbocycles. The van der Waals surface area contributed by atoms with Gasteiger partial charge in [-0.3, -0.25) is 0 Å². The van der Waals surface area contributed by atoms with Gasteiger partial charge in [-0.15, -0.1) is 0 Å². The van der Waals surface area contributed by atoms with Gasteiger partial charge in [-0.25, -0.2) is 0 Å². The summed E-state index contributed by atoms with van der Waals surface area (Å²) in [5.74, 6) is -0.971. The number of hydrogen-bond acceptors (Lipinski definition) is 2. The van der Waals surface area contributed by atoms with Gasteiger partial charge in [0.15, 0.2) is 0 Å². The fourth-order valence-corrected chi connectivity index (χ4v) is 0.604. The van der Waals surface area contributed by atoms with Crippen molar-refractivity contribution in [3.8, 4) is 0 Å². The van der Waals surface area contributed by atoms with Crippen LogP contribution in [0.1, 0.15) is 32.6 Å². The van der Waals surface area contributed by atoms with Crippen molar-refractivity contribution in [3.63, 3.8) is 0 Å².